The van der Waals surface area contributed by atoms with Gasteiger partial charge in [-0.15, -0.1) is 11.3 Å². The molecule has 212 valence electrons. The molecule has 2 aromatic heterocycles. The predicted molar refractivity (Wildman–Crippen MR) is 171 cm³/mol. The highest BCUT2D eigenvalue weighted by Crippen LogP contribution is 2.57. The van der Waals surface area contributed by atoms with Crippen molar-refractivity contribution in [3.8, 4) is 16.3 Å². The Hall–Kier alpha value is -3.44. The van der Waals surface area contributed by atoms with Gasteiger partial charge >= 0.3 is 0 Å². The summed E-state index contributed by atoms with van der Waals surface area (Å²) >= 11 is 1.66. The third kappa shape index (κ3) is 5.32. The van der Waals surface area contributed by atoms with Gasteiger partial charge in [0.1, 0.15) is 5.69 Å². The molecule has 2 aliphatic carbocycles. The summed E-state index contributed by atoms with van der Waals surface area (Å²) in [5.41, 5.74) is 7.61. The number of thiophene rings is 1. The fourth-order valence-electron chi connectivity index (χ4n) is 7.56. The average Bonchev–Trinajstić information content (AvgIpc) is 3.65. The number of aryl methyl sites for hydroxylation is 1. The van der Waals surface area contributed by atoms with E-state index in [9.17, 15) is 4.79 Å². The summed E-state index contributed by atoms with van der Waals surface area (Å²) in [5, 5.41) is 10.2. The number of nitrogens with zero attached hydrogens (tertiary/aromatic N) is 2. The largest absolute Gasteiger partial charge is 0.352 e. The van der Waals surface area contributed by atoms with E-state index in [1.807, 2.05) is 53.4 Å². The molecular weight excluding hydrogens is 522 g/mol. The molecule has 0 unspecified atom stereocenters. The van der Waals surface area contributed by atoms with E-state index in [4.69, 9.17) is 5.10 Å². The summed E-state index contributed by atoms with van der Waals surface area (Å²) in [6.45, 7) is 10.2. The maximum absolute atomic E-state index is 13.2. The first-order valence-corrected chi connectivity index (χ1v) is 15.9. The smallest absolute Gasteiger partial charge is 0.244 e. The monoisotopic (exact) mass is 563 g/mol. The second kappa shape index (κ2) is 11.1. The second-order valence-corrected chi connectivity index (χ2v) is 13.8. The van der Waals surface area contributed by atoms with Gasteiger partial charge in [0.2, 0.25) is 5.91 Å². The van der Waals surface area contributed by atoms with Gasteiger partial charge in [-0.25, -0.2) is 4.68 Å². The van der Waals surface area contributed by atoms with E-state index < -0.39 is 0 Å². The van der Waals surface area contributed by atoms with Crippen molar-refractivity contribution in [3.05, 3.63) is 101 Å². The van der Waals surface area contributed by atoms with Gasteiger partial charge in [-0.2, -0.15) is 5.10 Å². The van der Waals surface area contributed by atoms with Gasteiger partial charge < -0.3 is 5.32 Å². The first-order chi connectivity index (χ1) is 19.8. The Bertz CT molecular complexity index is 1550. The lowest BCUT2D eigenvalue weighted by molar-refractivity contribution is -0.117. The van der Waals surface area contributed by atoms with Crippen LogP contribution in [0.15, 0.2) is 78.3 Å². The summed E-state index contributed by atoms with van der Waals surface area (Å²) < 4.78 is 1.89. The van der Waals surface area contributed by atoms with E-state index in [0.717, 1.165) is 34.7 Å². The Morgan fingerprint density at radius 3 is 2.71 bits per heavy atom. The lowest BCUT2D eigenvalue weighted by Gasteiger charge is -2.55. The summed E-state index contributed by atoms with van der Waals surface area (Å²) in [6, 6.07) is 21.4. The Kier molecular flexibility index (Phi) is 7.50. The molecule has 1 amide bonds. The maximum Gasteiger partial charge on any atom is 0.244 e. The predicted octanol–water partition coefficient (Wildman–Crippen LogP) is 8.56. The number of fused-ring (bicyclic) bond motifs is 3. The number of carbonyl (C=O) groups excluding carboxylic acids is 1. The molecule has 2 aliphatic rings. The van der Waals surface area contributed by atoms with Crippen molar-refractivity contribution in [2.75, 3.05) is 6.54 Å². The van der Waals surface area contributed by atoms with Crippen LogP contribution in [0.3, 0.4) is 0 Å². The summed E-state index contributed by atoms with van der Waals surface area (Å²) in [7, 11) is 0. The molecule has 0 spiro atoms. The summed E-state index contributed by atoms with van der Waals surface area (Å²) in [6.07, 6.45) is 11.5. The molecule has 2 heterocycles. The fraction of sp³-hybridized carbons (Fsp3) is 0.389. The second-order valence-electron chi connectivity index (χ2n) is 12.8. The van der Waals surface area contributed by atoms with Crippen molar-refractivity contribution in [1.82, 2.24) is 15.1 Å². The maximum atomic E-state index is 13.2. The molecule has 0 saturated heterocycles. The molecule has 0 radical (unpaired) electrons. The normalized spacial score (nSPS) is 23.9. The average molecular weight is 564 g/mol. The van der Waals surface area contributed by atoms with Crippen LogP contribution in [0.5, 0.6) is 0 Å². The zero-order chi connectivity index (χ0) is 28.6. The minimum atomic E-state index is -0.0409. The summed E-state index contributed by atoms with van der Waals surface area (Å²) in [4.78, 5) is 14.3. The first-order valence-electron chi connectivity index (χ1n) is 15.0. The molecule has 6 rings (SSSR count). The Labute approximate surface area is 248 Å². The molecule has 0 bridgehead atoms. The van der Waals surface area contributed by atoms with Crippen LogP contribution in [0.1, 0.15) is 81.5 Å². The number of amides is 1. The van der Waals surface area contributed by atoms with Crippen LogP contribution in [-0.2, 0) is 16.6 Å². The first kappa shape index (κ1) is 27.7. The van der Waals surface area contributed by atoms with E-state index in [2.05, 4.69) is 62.7 Å². The molecule has 5 heteroatoms. The fourth-order valence-corrected chi connectivity index (χ4v) is 8.29. The molecule has 1 N–H and O–H groups in total. The number of carbonyl (C=O) groups is 1. The van der Waals surface area contributed by atoms with Gasteiger partial charge in [0.25, 0.3) is 0 Å². The number of hydrogen-bond acceptors (Lipinski definition) is 3. The van der Waals surface area contributed by atoms with E-state index in [-0.39, 0.29) is 16.7 Å². The van der Waals surface area contributed by atoms with E-state index in [1.54, 1.807) is 28.5 Å². The molecule has 1 fully saturated rings. The van der Waals surface area contributed by atoms with Crippen molar-refractivity contribution in [1.29, 1.82) is 0 Å². The molecule has 2 aromatic carbocycles. The van der Waals surface area contributed by atoms with Crippen LogP contribution < -0.4 is 5.32 Å². The van der Waals surface area contributed by atoms with Crippen molar-refractivity contribution in [2.24, 2.45) is 11.3 Å². The molecule has 4 aromatic rings. The molecule has 41 heavy (non-hydrogen) atoms. The minimum absolute atomic E-state index is 0.0409. The number of benzene rings is 2. The van der Waals surface area contributed by atoms with Gasteiger partial charge in [-0.05, 0) is 94.7 Å². The number of aromatic nitrogens is 2. The van der Waals surface area contributed by atoms with E-state index in [0.29, 0.717) is 18.4 Å². The van der Waals surface area contributed by atoms with Crippen LogP contribution in [0.2, 0.25) is 0 Å². The highest BCUT2D eigenvalue weighted by atomic mass is 32.1. The minimum Gasteiger partial charge on any atom is -0.352 e. The van der Waals surface area contributed by atoms with Crippen LogP contribution in [-0.4, -0.2) is 22.2 Å². The van der Waals surface area contributed by atoms with Crippen molar-refractivity contribution in [3.63, 3.8) is 0 Å². The third-order valence-corrected chi connectivity index (χ3v) is 10.6. The van der Waals surface area contributed by atoms with Crippen LogP contribution >= 0.6 is 11.3 Å². The van der Waals surface area contributed by atoms with Gasteiger partial charge in [-0.1, -0.05) is 76.6 Å². The number of nitrogens with one attached hydrogen (secondary N) is 1. The zero-order valence-electron chi connectivity index (χ0n) is 24.7. The van der Waals surface area contributed by atoms with E-state index in [1.165, 1.54) is 24.8 Å². The number of hydrogen-bond donors (Lipinski definition) is 1. The van der Waals surface area contributed by atoms with E-state index >= 15 is 0 Å². The quantitative estimate of drug-likeness (QED) is 0.229. The lowest BCUT2D eigenvalue weighted by atomic mass is 9.49. The third-order valence-electron chi connectivity index (χ3n) is 9.77. The Morgan fingerprint density at radius 1 is 1.12 bits per heavy atom. The van der Waals surface area contributed by atoms with Crippen molar-refractivity contribution in [2.45, 2.75) is 71.1 Å². The topological polar surface area (TPSA) is 46.9 Å². The van der Waals surface area contributed by atoms with Gasteiger partial charge in [0.15, 0.2) is 0 Å². The van der Waals surface area contributed by atoms with Crippen molar-refractivity contribution >= 4 is 23.3 Å². The Balaban J connectivity index is 1.19. The van der Waals surface area contributed by atoms with Gasteiger partial charge in [0.05, 0.1) is 10.6 Å². The van der Waals surface area contributed by atoms with Crippen LogP contribution in [0.25, 0.3) is 22.3 Å². The molecule has 3 atom stereocenters. The van der Waals surface area contributed by atoms with Gasteiger partial charge in [0, 0.05) is 24.4 Å². The summed E-state index contributed by atoms with van der Waals surface area (Å²) in [5.74, 6) is 1.07. The molecule has 4 nitrogen and oxygen atoms in total. The van der Waals surface area contributed by atoms with Crippen molar-refractivity contribution < 1.29 is 4.79 Å². The molecule has 1 saturated carbocycles. The highest BCUT2D eigenvalue weighted by Gasteiger charge is 2.51. The lowest BCUT2D eigenvalue weighted by Crippen LogP contribution is -2.53. The standard InChI is InChI=1S/C36H41N3OS/c1-25(2)26-13-16-30-27(22-26)14-17-32-35(3,19-9-20-36(30,32)4)24-37-33(40)18-15-28-23-39(29-10-6-5-7-11-29)38-34(28)31-12-8-21-41-31/h5-8,10-13,15-16,18,21-23,25,32H,9,14,17,19-20,24H2,1-4H3,(H,37,40)/b18-15+/t32-,35-,36+/m1/s1. The molecular formula is C36H41N3OS. The molecule has 0 aliphatic heterocycles. The van der Waals surface area contributed by atoms with Crippen LogP contribution in [0, 0.1) is 11.3 Å². The van der Waals surface area contributed by atoms with Gasteiger partial charge in [-0.3, -0.25) is 4.79 Å². The Morgan fingerprint density at radius 2 is 1.95 bits per heavy atom. The zero-order valence-corrected chi connectivity index (χ0v) is 25.5. The number of rotatable bonds is 7. The van der Waals surface area contributed by atoms with Crippen LogP contribution in [0.4, 0.5) is 0 Å². The highest BCUT2D eigenvalue weighted by molar-refractivity contribution is 7.13. The SMILES string of the molecule is CC(C)c1ccc2c(c1)CC[C@@H]1[C@@](C)(CNC(=O)/C=C/c3cn(-c4ccccc4)nc3-c3cccs3)CCC[C@@]21C. The number of para-hydroxylation sites is 1.